The van der Waals surface area contributed by atoms with Gasteiger partial charge in [-0.3, -0.25) is 0 Å². The van der Waals surface area contributed by atoms with Gasteiger partial charge in [-0.15, -0.1) is 0 Å². The predicted octanol–water partition coefficient (Wildman–Crippen LogP) is -2.03. The van der Waals surface area contributed by atoms with Gasteiger partial charge in [0.05, 0.1) is 0 Å². The zero-order valence-electron chi connectivity index (χ0n) is 11.7. The van der Waals surface area contributed by atoms with E-state index in [4.69, 9.17) is 9.47 Å². The Balaban J connectivity index is 0.00000180. The summed E-state index contributed by atoms with van der Waals surface area (Å²) in [6.07, 6.45) is 5.10. The van der Waals surface area contributed by atoms with E-state index in [9.17, 15) is 0 Å². The average Bonchev–Trinajstić information content (AvgIpc) is 2.65. The van der Waals surface area contributed by atoms with Crippen LogP contribution in [0.2, 0.25) is 0 Å². The Hall–Kier alpha value is -0.406. The molecule has 0 heterocycles. The first-order valence-corrected chi connectivity index (χ1v) is 6.81. The van der Waals surface area contributed by atoms with Gasteiger partial charge < -0.3 is 24.8 Å². The molecule has 0 N–H and O–H groups in total. The van der Waals surface area contributed by atoms with E-state index in [1.54, 1.807) is 0 Å². The first kappa shape index (κ1) is 19.6. The molecule has 0 radical (unpaired) electrons. The summed E-state index contributed by atoms with van der Waals surface area (Å²) in [4.78, 5) is 0. The Morgan fingerprint density at radius 3 is 2.15 bits per heavy atom. The van der Waals surface area contributed by atoms with Crippen LogP contribution in [0.5, 0.6) is 11.5 Å². The molecular formula is C15H17Cl2O2Ti. The van der Waals surface area contributed by atoms with E-state index in [0.717, 1.165) is 23.7 Å². The molecule has 1 aromatic rings. The maximum absolute atomic E-state index is 5.93. The quantitative estimate of drug-likeness (QED) is 0.587. The number of ether oxygens (including phenoxy) is 2. The van der Waals surface area contributed by atoms with Gasteiger partial charge in [0, 0.05) is 0 Å². The number of halogens is 2. The Morgan fingerprint density at radius 1 is 1.05 bits per heavy atom. The Kier molecular flexibility index (Phi) is 7.97. The summed E-state index contributed by atoms with van der Waals surface area (Å²) in [7, 11) is 0. The first-order valence-electron chi connectivity index (χ1n) is 6.03. The van der Waals surface area contributed by atoms with Crippen molar-refractivity contribution >= 4 is 0 Å². The minimum absolute atomic E-state index is 0. The van der Waals surface area contributed by atoms with Crippen LogP contribution in [0.4, 0.5) is 0 Å². The molecule has 0 spiro atoms. The van der Waals surface area contributed by atoms with E-state index in [1.165, 1.54) is 3.88 Å². The minimum atomic E-state index is -0.228. The van der Waals surface area contributed by atoms with Crippen molar-refractivity contribution in [3.63, 3.8) is 0 Å². The van der Waals surface area contributed by atoms with E-state index in [2.05, 4.69) is 26.5 Å². The molecule has 0 amide bonds. The van der Waals surface area contributed by atoms with Crippen molar-refractivity contribution in [2.75, 3.05) is 0 Å². The number of para-hydroxylation sites is 2. The van der Waals surface area contributed by atoms with Crippen molar-refractivity contribution in [2.45, 2.75) is 32.8 Å². The van der Waals surface area contributed by atoms with Crippen molar-refractivity contribution in [3.05, 3.63) is 46.1 Å². The van der Waals surface area contributed by atoms with E-state index in [0.29, 0.717) is 0 Å². The third kappa shape index (κ3) is 5.53. The van der Waals surface area contributed by atoms with Gasteiger partial charge in [0.15, 0.2) is 0 Å². The molecule has 2 rings (SSSR count). The molecule has 0 saturated carbocycles. The van der Waals surface area contributed by atoms with E-state index < -0.39 is 0 Å². The molecule has 0 aliphatic heterocycles. The van der Waals surface area contributed by atoms with Crippen molar-refractivity contribution in [1.82, 2.24) is 0 Å². The third-order valence-electron chi connectivity index (χ3n) is 2.37. The Bertz CT molecular complexity index is 505. The number of hydrogen-bond acceptors (Lipinski definition) is 2. The Labute approximate surface area is 144 Å². The normalized spacial score (nSPS) is 13.7. The van der Waals surface area contributed by atoms with Gasteiger partial charge in [-0.25, -0.2) is 0 Å². The van der Waals surface area contributed by atoms with Gasteiger partial charge in [-0.05, 0) is 0 Å². The SMILES string of the molecule is CC(C)(C)Oc1ccccc1OC1=[C]([Ti+2])CC=C1.[Cl-].[Cl-]. The van der Waals surface area contributed by atoms with Crippen LogP contribution < -0.4 is 34.3 Å². The molecule has 1 aromatic carbocycles. The van der Waals surface area contributed by atoms with Crippen LogP contribution in [-0.4, -0.2) is 5.60 Å². The molecule has 0 aromatic heterocycles. The number of benzene rings is 1. The van der Waals surface area contributed by atoms with Crippen molar-refractivity contribution < 1.29 is 54.7 Å². The summed E-state index contributed by atoms with van der Waals surface area (Å²) in [5.41, 5.74) is -0.228. The summed E-state index contributed by atoms with van der Waals surface area (Å²) in [5, 5.41) is 0. The van der Waals surface area contributed by atoms with E-state index >= 15 is 0 Å². The fourth-order valence-corrected chi connectivity index (χ4v) is 2.04. The van der Waals surface area contributed by atoms with Crippen LogP contribution in [0, 0.1) is 0 Å². The van der Waals surface area contributed by atoms with Crippen LogP contribution in [0.25, 0.3) is 0 Å². The van der Waals surface area contributed by atoms with Crippen LogP contribution in [0.15, 0.2) is 46.1 Å². The number of rotatable bonds is 3. The van der Waals surface area contributed by atoms with Gasteiger partial charge in [0.1, 0.15) is 0 Å². The Morgan fingerprint density at radius 2 is 1.65 bits per heavy atom. The zero-order chi connectivity index (χ0) is 13.2. The largest absolute Gasteiger partial charge is 1.00 e. The predicted molar refractivity (Wildman–Crippen MR) is 68.2 cm³/mol. The molecule has 0 bridgehead atoms. The average molecular weight is 348 g/mol. The standard InChI is InChI=1S/C15H17O2.2ClH.Ti/c1-15(2,3)17-14-11-7-6-10-13(14)16-12-8-4-5-9-12;;;/h4,6-8,10-11H,5H2,1-3H3;2*1H;/q;;;+2/p-2. The minimum Gasteiger partial charge on any atom is -1.00 e. The fourth-order valence-electron chi connectivity index (χ4n) is 1.65. The molecule has 5 heteroatoms. The second-order valence-corrected chi connectivity index (χ2v) is 6.16. The van der Waals surface area contributed by atoms with Crippen LogP contribution in [0.1, 0.15) is 27.2 Å². The monoisotopic (exact) mass is 347 g/mol. The molecule has 20 heavy (non-hydrogen) atoms. The smallest absolute Gasteiger partial charge is 1.00 e. The molecule has 1 aliphatic carbocycles. The summed E-state index contributed by atoms with van der Waals surface area (Å²) < 4.78 is 13.1. The third-order valence-corrected chi connectivity index (χ3v) is 3.08. The van der Waals surface area contributed by atoms with Crippen molar-refractivity contribution in [2.24, 2.45) is 0 Å². The molecule has 107 valence electrons. The molecule has 0 unspecified atom stereocenters. The summed E-state index contributed by atoms with van der Waals surface area (Å²) in [6.45, 7) is 6.09. The van der Waals surface area contributed by atoms with Crippen LogP contribution in [0.3, 0.4) is 0 Å². The van der Waals surface area contributed by atoms with Crippen LogP contribution >= 0.6 is 0 Å². The molecule has 0 atom stereocenters. The summed E-state index contributed by atoms with van der Waals surface area (Å²) >= 11 is 2.09. The molecule has 2 nitrogen and oxygen atoms in total. The van der Waals surface area contributed by atoms with Gasteiger partial charge in [0.2, 0.25) is 0 Å². The van der Waals surface area contributed by atoms with Crippen LogP contribution in [-0.2, 0) is 20.4 Å². The second-order valence-electron chi connectivity index (χ2n) is 5.21. The van der Waals surface area contributed by atoms with Gasteiger partial charge in [-0.2, -0.15) is 0 Å². The van der Waals surface area contributed by atoms with Gasteiger partial charge >= 0.3 is 120 Å². The summed E-state index contributed by atoms with van der Waals surface area (Å²) in [5.74, 6) is 2.49. The summed E-state index contributed by atoms with van der Waals surface area (Å²) in [6, 6.07) is 7.79. The topological polar surface area (TPSA) is 18.5 Å². The maximum atomic E-state index is 5.93. The molecular weight excluding hydrogens is 331 g/mol. The van der Waals surface area contributed by atoms with E-state index in [-0.39, 0.29) is 30.4 Å². The van der Waals surface area contributed by atoms with E-state index in [1.807, 2.05) is 51.1 Å². The number of hydrogen-bond donors (Lipinski definition) is 0. The maximum Gasteiger partial charge on any atom is -1.00 e. The number of allylic oxidation sites excluding steroid dienone is 3. The second kappa shape index (κ2) is 8.14. The zero-order valence-corrected chi connectivity index (χ0v) is 14.8. The van der Waals surface area contributed by atoms with Gasteiger partial charge in [-0.1, -0.05) is 0 Å². The molecule has 1 aliphatic rings. The first-order chi connectivity index (χ1) is 8.46. The fraction of sp³-hybridized carbons (Fsp3) is 0.333. The van der Waals surface area contributed by atoms with Crippen molar-refractivity contribution in [1.29, 1.82) is 0 Å². The molecule has 0 saturated heterocycles. The van der Waals surface area contributed by atoms with Gasteiger partial charge in [0.25, 0.3) is 0 Å². The van der Waals surface area contributed by atoms with Crippen molar-refractivity contribution in [3.8, 4) is 11.5 Å². The molecule has 0 fully saturated rings.